The van der Waals surface area contributed by atoms with Crippen LogP contribution in [0.25, 0.3) is 0 Å². The quantitative estimate of drug-likeness (QED) is 0.857. The van der Waals surface area contributed by atoms with Crippen LogP contribution in [-0.2, 0) is 23.1 Å². The lowest BCUT2D eigenvalue weighted by atomic mass is 9.74. The van der Waals surface area contributed by atoms with Gasteiger partial charge in [0.25, 0.3) is 0 Å². The van der Waals surface area contributed by atoms with Gasteiger partial charge in [0.2, 0.25) is 11.8 Å². The van der Waals surface area contributed by atoms with Gasteiger partial charge in [-0.15, -0.1) is 0 Å². The number of urea groups is 1. The number of hydrogen-bond donors (Lipinski definition) is 2. The first-order valence-corrected chi connectivity index (χ1v) is 9.37. The summed E-state index contributed by atoms with van der Waals surface area (Å²) in [5.74, 6) is 1.25. The number of nitrogens with zero attached hydrogens (tertiary/aromatic N) is 3. The van der Waals surface area contributed by atoms with Gasteiger partial charge in [-0.05, 0) is 24.5 Å². The summed E-state index contributed by atoms with van der Waals surface area (Å²) >= 11 is 0. The fraction of sp³-hybridized carbons (Fsp3) is 0.474. The minimum Gasteiger partial charge on any atom is -0.339 e. The maximum Gasteiger partial charge on any atom is 0.317 e. The van der Waals surface area contributed by atoms with Gasteiger partial charge in [0.05, 0.1) is 5.41 Å². The molecule has 2 aliphatic heterocycles. The molecule has 1 aromatic heterocycles. The molecule has 0 atom stereocenters. The van der Waals surface area contributed by atoms with Crippen LogP contribution in [0.5, 0.6) is 0 Å². The van der Waals surface area contributed by atoms with Crippen molar-refractivity contribution in [3.05, 3.63) is 41.5 Å². The van der Waals surface area contributed by atoms with Gasteiger partial charge in [0.15, 0.2) is 5.82 Å². The number of piperidine rings is 1. The Morgan fingerprint density at radius 3 is 2.85 bits per heavy atom. The topological polar surface area (TPSA) is 100 Å². The molecule has 0 saturated carbocycles. The summed E-state index contributed by atoms with van der Waals surface area (Å²) in [6.45, 7) is 3.50. The highest BCUT2D eigenvalue weighted by Crippen LogP contribution is 2.44. The molecule has 142 valence electrons. The lowest BCUT2D eigenvalue weighted by Crippen LogP contribution is -2.51. The summed E-state index contributed by atoms with van der Waals surface area (Å²) in [7, 11) is 0. The van der Waals surface area contributed by atoms with E-state index < -0.39 is 5.41 Å². The van der Waals surface area contributed by atoms with E-state index >= 15 is 0 Å². The van der Waals surface area contributed by atoms with Crippen molar-refractivity contribution in [1.82, 2.24) is 20.4 Å². The van der Waals surface area contributed by atoms with Crippen LogP contribution in [0.3, 0.4) is 0 Å². The highest BCUT2D eigenvalue weighted by atomic mass is 16.5. The minimum atomic E-state index is -0.505. The first-order valence-electron chi connectivity index (χ1n) is 9.37. The monoisotopic (exact) mass is 369 g/mol. The van der Waals surface area contributed by atoms with Crippen molar-refractivity contribution in [2.24, 2.45) is 0 Å². The molecule has 8 heteroatoms. The number of aryl methyl sites for hydroxylation is 1. The standard InChI is InChI=1S/C19H23N5O3/c1-2-16-22-15(23-27-16)7-10-20-18(26)24-11-8-19(9-12-24)13-5-3-4-6-14(13)21-17(19)25/h3-6H,2,7-12H2,1H3,(H,20,26)(H,21,25). The Labute approximate surface area is 157 Å². The summed E-state index contributed by atoms with van der Waals surface area (Å²) in [5, 5.41) is 9.76. The third-order valence-electron chi connectivity index (χ3n) is 5.47. The maximum atomic E-state index is 12.6. The molecule has 2 N–H and O–H groups in total. The van der Waals surface area contributed by atoms with Gasteiger partial charge in [0.1, 0.15) is 0 Å². The van der Waals surface area contributed by atoms with Crippen molar-refractivity contribution in [3.63, 3.8) is 0 Å². The highest BCUT2D eigenvalue weighted by Gasteiger charge is 2.48. The SMILES string of the molecule is CCc1nc(CCNC(=O)N2CCC3(CC2)C(=O)Nc2ccccc23)no1. The second-order valence-corrected chi connectivity index (χ2v) is 7.01. The first-order chi connectivity index (χ1) is 13.1. The average Bonchev–Trinajstić information content (AvgIpc) is 3.26. The highest BCUT2D eigenvalue weighted by molar-refractivity contribution is 6.06. The van der Waals surface area contributed by atoms with E-state index in [-0.39, 0.29) is 11.9 Å². The zero-order valence-corrected chi connectivity index (χ0v) is 15.3. The van der Waals surface area contributed by atoms with Crippen molar-refractivity contribution in [3.8, 4) is 0 Å². The number of amides is 3. The van der Waals surface area contributed by atoms with Crippen LogP contribution < -0.4 is 10.6 Å². The van der Waals surface area contributed by atoms with Gasteiger partial charge >= 0.3 is 6.03 Å². The van der Waals surface area contributed by atoms with Gasteiger partial charge < -0.3 is 20.1 Å². The van der Waals surface area contributed by atoms with Crippen LogP contribution in [0, 0.1) is 0 Å². The molecule has 1 spiro atoms. The van der Waals surface area contributed by atoms with E-state index in [4.69, 9.17) is 4.52 Å². The Morgan fingerprint density at radius 2 is 2.11 bits per heavy atom. The number of carbonyl (C=O) groups excluding carboxylic acids is 2. The smallest absolute Gasteiger partial charge is 0.317 e. The zero-order chi connectivity index (χ0) is 18.9. The third-order valence-corrected chi connectivity index (χ3v) is 5.47. The molecule has 0 radical (unpaired) electrons. The Morgan fingerprint density at radius 1 is 1.33 bits per heavy atom. The Bertz CT molecular complexity index is 855. The second-order valence-electron chi connectivity index (χ2n) is 7.01. The molecule has 27 heavy (non-hydrogen) atoms. The van der Waals surface area contributed by atoms with Crippen molar-refractivity contribution in [2.45, 2.75) is 38.0 Å². The predicted octanol–water partition coefficient (Wildman–Crippen LogP) is 1.87. The van der Waals surface area contributed by atoms with Crippen LogP contribution in [0.4, 0.5) is 10.5 Å². The van der Waals surface area contributed by atoms with Crippen LogP contribution in [-0.4, -0.2) is 46.6 Å². The number of hydrogen-bond acceptors (Lipinski definition) is 5. The van der Waals surface area contributed by atoms with Gasteiger partial charge in [-0.25, -0.2) is 4.79 Å². The molecule has 1 fully saturated rings. The van der Waals surface area contributed by atoms with Gasteiger partial charge in [-0.2, -0.15) is 4.98 Å². The Kier molecular flexibility index (Phi) is 4.55. The minimum absolute atomic E-state index is 0.0487. The molecule has 3 amide bonds. The number of aromatic nitrogens is 2. The Hall–Kier alpha value is -2.90. The van der Waals surface area contributed by atoms with Crippen LogP contribution in [0.1, 0.15) is 37.0 Å². The van der Waals surface area contributed by atoms with E-state index in [0.717, 1.165) is 11.3 Å². The van der Waals surface area contributed by atoms with E-state index in [1.807, 2.05) is 31.2 Å². The van der Waals surface area contributed by atoms with Gasteiger partial charge in [-0.1, -0.05) is 30.3 Å². The van der Waals surface area contributed by atoms with Crippen LogP contribution in [0.2, 0.25) is 0 Å². The van der Waals surface area contributed by atoms with Crippen molar-refractivity contribution >= 4 is 17.6 Å². The fourth-order valence-corrected chi connectivity index (χ4v) is 3.89. The van der Waals surface area contributed by atoms with Crippen molar-refractivity contribution < 1.29 is 14.1 Å². The maximum absolute atomic E-state index is 12.6. The van der Waals surface area contributed by atoms with E-state index in [0.29, 0.717) is 57.0 Å². The number of para-hydroxylation sites is 1. The molecule has 1 saturated heterocycles. The van der Waals surface area contributed by atoms with E-state index in [2.05, 4.69) is 20.8 Å². The molecule has 3 heterocycles. The summed E-state index contributed by atoms with van der Waals surface area (Å²) < 4.78 is 5.06. The average molecular weight is 369 g/mol. The number of rotatable bonds is 4. The summed E-state index contributed by atoms with van der Waals surface area (Å²) in [6.07, 6.45) is 2.50. The molecule has 8 nitrogen and oxygen atoms in total. The van der Waals surface area contributed by atoms with E-state index in [9.17, 15) is 9.59 Å². The Balaban J connectivity index is 1.31. The summed E-state index contributed by atoms with van der Waals surface area (Å²) in [5.41, 5.74) is 1.44. The molecular weight excluding hydrogens is 346 g/mol. The van der Waals surface area contributed by atoms with Crippen LogP contribution in [0.15, 0.2) is 28.8 Å². The van der Waals surface area contributed by atoms with Gasteiger partial charge in [-0.3, -0.25) is 4.79 Å². The number of benzene rings is 1. The third kappa shape index (κ3) is 3.15. The molecule has 2 aliphatic rings. The number of fused-ring (bicyclic) bond motifs is 2. The summed E-state index contributed by atoms with van der Waals surface area (Å²) in [4.78, 5) is 31.0. The molecule has 0 unspecified atom stereocenters. The van der Waals surface area contributed by atoms with Crippen molar-refractivity contribution in [1.29, 1.82) is 0 Å². The molecule has 1 aromatic carbocycles. The number of nitrogens with one attached hydrogen (secondary N) is 2. The summed E-state index contributed by atoms with van der Waals surface area (Å²) in [6, 6.07) is 7.72. The van der Waals surface area contributed by atoms with Gasteiger partial charge in [0, 0.05) is 38.2 Å². The molecule has 0 bridgehead atoms. The van der Waals surface area contributed by atoms with E-state index in [1.54, 1.807) is 4.90 Å². The van der Waals surface area contributed by atoms with Crippen molar-refractivity contribution in [2.75, 3.05) is 25.0 Å². The molecular formula is C19H23N5O3. The zero-order valence-electron chi connectivity index (χ0n) is 15.3. The lowest BCUT2D eigenvalue weighted by Gasteiger charge is -2.37. The second kappa shape index (κ2) is 7.02. The number of likely N-dealkylation sites (tertiary alicyclic amines) is 1. The number of carbonyl (C=O) groups is 2. The van der Waals surface area contributed by atoms with E-state index in [1.165, 1.54) is 0 Å². The molecule has 4 rings (SSSR count). The fourth-order valence-electron chi connectivity index (χ4n) is 3.89. The largest absolute Gasteiger partial charge is 0.339 e. The molecule has 0 aliphatic carbocycles. The lowest BCUT2D eigenvalue weighted by molar-refractivity contribution is -0.122. The first kappa shape index (κ1) is 17.5. The number of anilines is 1. The predicted molar refractivity (Wildman–Crippen MR) is 98.3 cm³/mol. The molecule has 2 aromatic rings. The normalized spacial score (nSPS) is 17.7. The van der Waals surface area contributed by atoms with Crippen LogP contribution >= 0.6 is 0 Å².